The smallest absolute Gasteiger partial charge is 0.322 e. The lowest BCUT2D eigenvalue weighted by Gasteiger charge is -2.14. The second-order valence-electron chi connectivity index (χ2n) is 6.28. The van der Waals surface area contributed by atoms with Gasteiger partial charge in [0, 0.05) is 6.54 Å². The van der Waals surface area contributed by atoms with Crippen molar-refractivity contribution in [1.29, 1.82) is 0 Å². The first-order valence-electron chi connectivity index (χ1n) is 8.37. The number of alkyl halides is 3. The molecule has 0 saturated heterocycles. The zero-order valence-corrected chi connectivity index (χ0v) is 14.2. The van der Waals surface area contributed by atoms with Crippen molar-refractivity contribution in [1.82, 2.24) is 9.55 Å². The molecule has 0 bridgehead atoms. The van der Waals surface area contributed by atoms with Gasteiger partial charge in [0.1, 0.15) is 11.6 Å². The molecule has 0 saturated carbocycles. The van der Waals surface area contributed by atoms with E-state index in [1.54, 1.807) is 16.7 Å². The summed E-state index contributed by atoms with van der Waals surface area (Å²) in [6, 6.07) is 9.13. The van der Waals surface area contributed by atoms with E-state index < -0.39 is 17.8 Å². The Morgan fingerprint density at radius 3 is 2.58 bits per heavy atom. The molecule has 0 spiro atoms. The van der Waals surface area contributed by atoms with Crippen LogP contribution in [-0.2, 0) is 12.7 Å². The minimum atomic E-state index is -4.44. The van der Waals surface area contributed by atoms with E-state index in [0.717, 1.165) is 18.6 Å². The molecule has 0 unspecified atom stereocenters. The van der Waals surface area contributed by atoms with Crippen LogP contribution in [0, 0.1) is 5.82 Å². The molecule has 3 nitrogen and oxygen atoms in total. The number of imidazole rings is 1. The molecule has 0 aliphatic heterocycles. The van der Waals surface area contributed by atoms with Gasteiger partial charge in [0.05, 0.1) is 22.6 Å². The quantitative estimate of drug-likeness (QED) is 0.644. The normalized spacial score (nSPS) is 13.3. The van der Waals surface area contributed by atoms with Crippen molar-refractivity contribution < 1.29 is 17.6 Å². The Bertz CT molecular complexity index is 915. The van der Waals surface area contributed by atoms with Crippen molar-refractivity contribution in [3.63, 3.8) is 0 Å². The molecule has 0 aliphatic carbocycles. The lowest BCUT2D eigenvalue weighted by atomic mass is 10.1. The number of rotatable bonds is 5. The van der Waals surface area contributed by atoms with E-state index >= 15 is 0 Å². The number of hydrogen-bond donors (Lipinski definition) is 1. The van der Waals surface area contributed by atoms with Crippen LogP contribution < -0.4 is 5.73 Å². The molecule has 1 aromatic heterocycles. The third-order valence-corrected chi connectivity index (χ3v) is 4.27. The maximum Gasteiger partial charge on any atom is 0.416 e. The lowest BCUT2D eigenvalue weighted by Crippen LogP contribution is -2.17. The van der Waals surface area contributed by atoms with Crippen molar-refractivity contribution in [2.45, 2.75) is 38.5 Å². The number of nitrogens with two attached hydrogens (primary N) is 1. The van der Waals surface area contributed by atoms with Gasteiger partial charge in [-0.1, -0.05) is 25.5 Å². The summed E-state index contributed by atoms with van der Waals surface area (Å²) in [5.74, 6) is 0.135. The molecule has 7 heteroatoms. The monoisotopic (exact) mass is 365 g/mol. The standard InChI is InChI=1S/C19H19F4N3/c1-2-4-15(24)18-25-16-10-13(19(21,22)23)7-8-17(16)26(18)11-12-5-3-6-14(20)9-12/h3,5-10,15H,2,4,11,24H2,1H3/t15-/m0/s1. The number of nitrogens with zero attached hydrogens (tertiary/aromatic N) is 2. The number of aromatic nitrogens is 2. The molecular formula is C19H19F4N3. The van der Waals surface area contributed by atoms with E-state index in [4.69, 9.17) is 5.73 Å². The Morgan fingerprint density at radius 2 is 1.92 bits per heavy atom. The summed E-state index contributed by atoms with van der Waals surface area (Å²) in [5.41, 5.74) is 6.91. The Balaban J connectivity index is 2.12. The molecule has 2 N–H and O–H groups in total. The summed E-state index contributed by atoms with van der Waals surface area (Å²) in [6.45, 7) is 2.26. The summed E-state index contributed by atoms with van der Waals surface area (Å²) >= 11 is 0. The van der Waals surface area contributed by atoms with Crippen LogP contribution >= 0.6 is 0 Å². The highest BCUT2D eigenvalue weighted by Gasteiger charge is 2.31. The van der Waals surface area contributed by atoms with Gasteiger partial charge in [0.15, 0.2) is 0 Å². The van der Waals surface area contributed by atoms with Gasteiger partial charge < -0.3 is 10.3 Å². The van der Waals surface area contributed by atoms with Crippen LogP contribution in [-0.4, -0.2) is 9.55 Å². The van der Waals surface area contributed by atoms with Gasteiger partial charge in [-0.2, -0.15) is 13.2 Å². The van der Waals surface area contributed by atoms with Crippen molar-refractivity contribution in [2.24, 2.45) is 5.73 Å². The highest BCUT2D eigenvalue weighted by atomic mass is 19.4. The van der Waals surface area contributed by atoms with Gasteiger partial charge in [0.2, 0.25) is 0 Å². The van der Waals surface area contributed by atoms with Gasteiger partial charge in [-0.3, -0.25) is 0 Å². The predicted molar refractivity (Wildman–Crippen MR) is 92.1 cm³/mol. The van der Waals surface area contributed by atoms with Crippen molar-refractivity contribution >= 4 is 11.0 Å². The SMILES string of the molecule is CCC[C@H](N)c1nc2cc(C(F)(F)F)ccc2n1Cc1cccc(F)c1. The van der Waals surface area contributed by atoms with Gasteiger partial charge in [-0.25, -0.2) is 9.37 Å². The highest BCUT2D eigenvalue weighted by Crippen LogP contribution is 2.32. The average Bonchev–Trinajstić information content (AvgIpc) is 2.92. The Hall–Kier alpha value is -2.41. The largest absolute Gasteiger partial charge is 0.416 e. The summed E-state index contributed by atoms with van der Waals surface area (Å²) < 4.78 is 54.2. The van der Waals surface area contributed by atoms with Crippen molar-refractivity contribution in [2.75, 3.05) is 0 Å². The molecule has 3 aromatic rings. The number of hydrogen-bond acceptors (Lipinski definition) is 2. The van der Waals surface area contributed by atoms with E-state index in [0.29, 0.717) is 23.3 Å². The van der Waals surface area contributed by atoms with Crippen LogP contribution in [0.2, 0.25) is 0 Å². The fourth-order valence-corrected chi connectivity index (χ4v) is 3.03. The van der Waals surface area contributed by atoms with E-state index in [1.807, 2.05) is 6.92 Å². The molecule has 3 rings (SSSR count). The van der Waals surface area contributed by atoms with Crippen LogP contribution in [0.3, 0.4) is 0 Å². The van der Waals surface area contributed by atoms with Crippen LogP contribution in [0.4, 0.5) is 17.6 Å². The number of benzene rings is 2. The Morgan fingerprint density at radius 1 is 1.15 bits per heavy atom. The number of halogens is 4. The maximum absolute atomic E-state index is 13.5. The van der Waals surface area contributed by atoms with Crippen molar-refractivity contribution in [3.8, 4) is 0 Å². The Labute approximate surface area is 148 Å². The van der Waals surface area contributed by atoms with E-state index in [-0.39, 0.29) is 17.9 Å². The van der Waals surface area contributed by atoms with Gasteiger partial charge in [-0.05, 0) is 42.3 Å². The highest BCUT2D eigenvalue weighted by molar-refractivity contribution is 5.77. The molecular weight excluding hydrogens is 346 g/mol. The molecule has 2 aromatic carbocycles. The molecule has 138 valence electrons. The lowest BCUT2D eigenvalue weighted by molar-refractivity contribution is -0.137. The predicted octanol–water partition coefficient (Wildman–Crippen LogP) is 5.04. The molecule has 1 heterocycles. The average molecular weight is 365 g/mol. The maximum atomic E-state index is 13.5. The molecule has 0 fully saturated rings. The first kappa shape index (κ1) is 18.4. The Kier molecular flexibility index (Phi) is 5.00. The second-order valence-corrected chi connectivity index (χ2v) is 6.28. The van der Waals surface area contributed by atoms with E-state index in [9.17, 15) is 17.6 Å². The fraction of sp³-hybridized carbons (Fsp3) is 0.316. The molecule has 0 radical (unpaired) electrons. The molecule has 26 heavy (non-hydrogen) atoms. The third kappa shape index (κ3) is 3.72. The van der Waals surface area contributed by atoms with Crippen LogP contribution in [0.5, 0.6) is 0 Å². The zero-order chi connectivity index (χ0) is 18.9. The topological polar surface area (TPSA) is 43.8 Å². The number of fused-ring (bicyclic) bond motifs is 1. The molecule has 0 amide bonds. The van der Waals surface area contributed by atoms with Crippen molar-refractivity contribution in [3.05, 3.63) is 65.2 Å². The van der Waals surface area contributed by atoms with Gasteiger partial charge >= 0.3 is 6.18 Å². The first-order chi connectivity index (χ1) is 12.3. The molecule has 0 aliphatic rings. The van der Waals surface area contributed by atoms with Crippen LogP contribution in [0.15, 0.2) is 42.5 Å². The van der Waals surface area contributed by atoms with Gasteiger partial charge in [-0.15, -0.1) is 0 Å². The summed E-state index contributed by atoms with van der Waals surface area (Å²) in [5, 5.41) is 0. The summed E-state index contributed by atoms with van der Waals surface area (Å²) in [7, 11) is 0. The minimum absolute atomic E-state index is 0.234. The van der Waals surface area contributed by atoms with E-state index in [1.165, 1.54) is 18.2 Å². The second kappa shape index (κ2) is 7.07. The van der Waals surface area contributed by atoms with Crippen LogP contribution in [0.1, 0.15) is 42.8 Å². The van der Waals surface area contributed by atoms with Crippen LogP contribution in [0.25, 0.3) is 11.0 Å². The fourth-order valence-electron chi connectivity index (χ4n) is 3.03. The van der Waals surface area contributed by atoms with E-state index in [2.05, 4.69) is 4.98 Å². The molecule has 1 atom stereocenters. The summed E-state index contributed by atoms with van der Waals surface area (Å²) in [6.07, 6.45) is -2.97. The third-order valence-electron chi connectivity index (χ3n) is 4.27. The zero-order valence-electron chi connectivity index (χ0n) is 14.2. The van der Waals surface area contributed by atoms with Gasteiger partial charge in [0.25, 0.3) is 0 Å². The summed E-state index contributed by atoms with van der Waals surface area (Å²) in [4.78, 5) is 4.37. The first-order valence-corrected chi connectivity index (χ1v) is 8.37. The minimum Gasteiger partial charge on any atom is -0.322 e.